The van der Waals surface area contributed by atoms with E-state index in [0.717, 1.165) is 50.7 Å². The fraction of sp³-hybridized carbons (Fsp3) is 0.250. The Labute approximate surface area is 274 Å². The van der Waals surface area contributed by atoms with Crippen LogP contribution in [-0.2, 0) is 16.0 Å². The summed E-state index contributed by atoms with van der Waals surface area (Å²) in [5.41, 5.74) is -0.262. The molecule has 5 rings (SSSR count). The Morgan fingerprint density at radius 2 is 1.51 bits per heavy atom. The second-order valence-electron chi connectivity index (χ2n) is 10.8. The van der Waals surface area contributed by atoms with Crippen LogP contribution >= 0.6 is 11.6 Å². The van der Waals surface area contributed by atoms with Crippen LogP contribution in [0.1, 0.15) is 45.5 Å². The van der Waals surface area contributed by atoms with Crippen LogP contribution in [0.4, 0.5) is 36.2 Å². The summed E-state index contributed by atoms with van der Waals surface area (Å²) < 4.78 is 64.6. The van der Waals surface area contributed by atoms with Crippen LogP contribution in [0.3, 0.4) is 0 Å². The lowest BCUT2D eigenvalue weighted by Gasteiger charge is -2.14. The second kappa shape index (κ2) is 14.5. The van der Waals surface area contributed by atoms with Crippen molar-refractivity contribution in [2.45, 2.75) is 30.3 Å². The lowest BCUT2D eigenvalue weighted by Crippen LogP contribution is -2.22. The molecule has 2 amide bonds. The van der Waals surface area contributed by atoms with Gasteiger partial charge in [0.25, 0.3) is 11.8 Å². The first-order valence-electron chi connectivity index (χ1n) is 14.6. The van der Waals surface area contributed by atoms with Gasteiger partial charge in [-0.3, -0.25) is 9.59 Å². The number of likely N-dealkylation sites (tertiary alicyclic amines) is 1. The maximum atomic E-state index is 13.0. The molecule has 1 saturated heterocycles. The van der Waals surface area contributed by atoms with Crippen molar-refractivity contribution in [2.24, 2.45) is 0 Å². The number of hydrogen-bond donors (Lipinski definition) is 3. The average Bonchev–Trinajstić information content (AvgIpc) is 3.56. The minimum atomic E-state index is -4.61. The number of nitrogens with one attached hydrogen (secondary N) is 3. The molecule has 0 unspecified atom stereocenters. The number of halogens is 4. The molecule has 0 bridgehead atoms. The highest BCUT2D eigenvalue weighted by Gasteiger charge is 2.31. The molecule has 0 radical (unpaired) electrons. The number of carbonyl (C=O) groups is 2. The van der Waals surface area contributed by atoms with Crippen LogP contribution in [0.5, 0.6) is 0 Å². The van der Waals surface area contributed by atoms with Gasteiger partial charge in [-0.2, -0.15) is 13.2 Å². The Hall–Kier alpha value is -4.53. The number of rotatable bonds is 11. The zero-order valence-corrected chi connectivity index (χ0v) is 26.4. The van der Waals surface area contributed by atoms with Crippen LogP contribution in [-0.4, -0.2) is 60.5 Å². The van der Waals surface area contributed by atoms with Crippen molar-refractivity contribution >= 4 is 56.3 Å². The topological polar surface area (TPSA) is 133 Å². The molecule has 246 valence electrons. The smallest absolute Gasteiger partial charge is 0.324 e. The summed E-state index contributed by atoms with van der Waals surface area (Å²) in [5, 5.41) is 8.11. The molecular weight excluding hydrogens is 657 g/mol. The Morgan fingerprint density at radius 3 is 2.19 bits per heavy atom. The molecule has 1 aliphatic rings. The summed E-state index contributed by atoms with van der Waals surface area (Å²) >= 11 is 6.21. The molecule has 47 heavy (non-hydrogen) atoms. The van der Waals surface area contributed by atoms with E-state index in [1.165, 1.54) is 48.8 Å². The highest BCUT2D eigenvalue weighted by atomic mass is 35.5. The highest BCUT2D eigenvalue weighted by molar-refractivity contribution is 7.91. The van der Waals surface area contributed by atoms with Gasteiger partial charge in [-0.25, -0.2) is 18.4 Å². The van der Waals surface area contributed by atoms with Crippen LogP contribution in [0.25, 0.3) is 0 Å². The summed E-state index contributed by atoms with van der Waals surface area (Å²) in [6, 6.07) is 14.3. The van der Waals surface area contributed by atoms with Gasteiger partial charge in [0, 0.05) is 16.9 Å². The van der Waals surface area contributed by atoms with Gasteiger partial charge in [-0.1, -0.05) is 17.7 Å². The standard InChI is InChI=1S/C32H30ClF3N6O4S/c33-28-12-9-24(39-29(43)21-5-3-6-22(17-21)32(34,35)36)18-27(28)30(44)40-25-19-37-31(38-20-25)41-23-7-10-26(11-8-23)47(45,46)16-4-15-42-13-1-2-14-42/h3,5-12,17-20H,1-2,4,13-16H2,(H,39,43)(H,40,44)(H,37,38,41). The van der Waals surface area contributed by atoms with E-state index in [4.69, 9.17) is 11.6 Å². The average molecular weight is 687 g/mol. The third kappa shape index (κ3) is 9.05. The molecule has 0 spiro atoms. The summed E-state index contributed by atoms with van der Waals surface area (Å²) in [4.78, 5) is 36.4. The molecule has 4 aromatic rings. The number of amides is 2. The lowest BCUT2D eigenvalue weighted by atomic mass is 10.1. The quantitative estimate of drug-likeness (QED) is 0.160. The van der Waals surface area contributed by atoms with Crippen molar-refractivity contribution in [3.05, 3.63) is 101 Å². The maximum absolute atomic E-state index is 13.0. The molecule has 2 heterocycles. The summed E-state index contributed by atoms with van der Waals surface area (Å²) in [7, 11) is -3.41. The molecule has 1 aliphatic heterocycles. The molecule has 1 aromatic heterocycles. The van der Waals surface area contributed by atoms with Crippen molar-refractivity contribution < 1.29 is 31.2 Å². The van der Waals surface area contributed by atoms with Crippen LogP contribution in [0, 0.1) is 0 Å². The Bertz CT molecular complexity index is 1850. The van der Waals surface area contributed by atoms with Crippen molar-refractivity contribution in [1.82, 2.24) is 14.9 Å². The van der Waals surface area contributed by atoms with Gasteiger partial charge in [-0.15, -0.1) is 0 Å². The molecule has 15 heteroatoms. The molecule has 0 aliphatic carbocycles. The van der Waals surface area contributed by atoms with Crippen LogP contribution in [0.15, 0.2) is 84.0 Å². The van der Waals surface area contributed by atoms with E-state index in [1.54, 1.807) is 12.1 Å². The van der Waals surface area contributed by atoms with Gasteiger partial charge in [0.15, 0.2) is 9.84 Å². The van der Waals surface area contributed by atoms with Crippen molar-refractivity contribution in [2.75, 3.05) is 41.3 Å². The first-order valence-corrected chi connectivity index (χ1v) is 16.6. The number of benzene rings is 3. The minimum absolute atomic E-state index is 0.0122. The second-order valence-corrected chi connectivity index (χ2v) is 13.4. The SMILES string of the molecule is O=C(Nc1ccc(Cl)c(C(=O)Nc2cnc(Nc3ccc(S(=O)(=O)CCCN4CCCC4)cc3)nc2)c1)c1cccc(C(F)(F)F)c1. The number of sulfone groups is 1. The fourth-order valence-corrected chi connectivity index (χ4v) is 6.45. The molecule has 0 saturated carbocycles. The van der Waals surface area contributed by atoms with E-state index in [2.05, 4.69) is 30.8 Å². The number of hydrogen-bond acceptors (Lipinski definition) is 8. The minimum Gasteiger partial charge on any atom is -0.324 e. The largest absolute Gasteiger partial charge is 0.416 e. The van der Waals surface area contributed by atoms with Crippen molar-refractivity contribution in [3.8, 4) is 0 Å². The van der Waals surface area contributed by atoms with Gasteiger partial charge in [0.2, 0.25) is 5.95 Å². The van der Waals surface area contributed by atoms with Crippen molar-refractivity contribution in [3.63, 3.8) is 0 Å². The van der Waals surface area contributed by atoms with Crippen LogP contribution < -0.4 is 16.0 Å². The van der Waals surface area contributed by atoms with E-state index < -0.39 is 33.4 Å². The third-order valence-electron chi connectivity index (χ3n) is 7.39. The number of nitrogens with zero attached hydrogens (tertiary/aromatic N) is 3. The predicted molar refractivity (Wildman–Crippen MR) is 173 cm³/mol. The molecule has 3 aromatic carbocycles. The lowest BCUT2D eigenvalue weighted by molar-refractivity contribution is -0.137. The molecule has 10 nitrogen and oxygen atoms in total. The summed E-state index contributed by atoms with van der Waals surface area (Å²) in [6.07, 6.45) is 0.985. The first-order chi connectivity index (χ1) is 22.4. The van der Waals surface area contributed by atoms with E-state index in [9.17, 15) is 31.2 Å². The Balaban J connectivity index is 1.16. The number of aromatic nitrogens is 2. The zero-order chi connectivity index (χ0) is 33.6. The molecular formula is C32H30ClF3N6O4S. The van der Waals surface area contributed by atoms with Gasteiger partial charge in [0.05, 0.1) is 44.9 Å². The van der Waals surface area contributed by atoms with Gasteiger partial charge in [0.1, 0.15) is 0 Å². The highest BCUT2D eigenvalue weighted by Crippen LogP contribution is 2.30. The van der Waals surface area contributed by atoms with E-state index in [-0.39, 0.29) is 44.1 Å². The van der Waals surface area contributed by atoms with Crippen LogP contribution in [0.2, 0.25) is 5.02 Å². The summed E-state index contributed by atoms with van der Waals surface area (Å²) in [6.45, 7) is 2.82. The fourth-order valence-electron chi connectivity index (χ4n) is 4.95. The van der Waals surface area contributed by atoms with E-state index in [1.807, 2.05) is 0 Å². The molecule has 1 fully saturated rings. The first kappa shape index (κ1) is 33.8. The van der Waals surface area contributed by atoms with Gasteiger partial charge in [-0.05, 0) is 99.6 Å². The third-order valence-corrected chi connectivity index (χ3v) is 9.53. The maximum Gasteiger partial charge on any atom is 0.416 e. The number of anilines is 4. The normalized spacial score (nSPS) is 13.7. The Morgan fingerprint density at radius 1 is 0.851 bits per heavy atom. The molecule has 0 atom stereocenters. The van der Waals surface area contributed by atoms with Gasteiger partial charge < -0.3 is 20.9 Å². The monoisotopic (exact) mass is 686 g/mol. The zero-order valence-electron chi connectivity index (χ0n) is 24.9. The number of carbonyl (C=O) groups excluding carboxylic acids is 2. The predicted octanol–water partition coefficient (Wildman–Crippen LogP) is 6.66. The van der Waals surface area contributed by atoms with E-state index >= 15 is 0 Å². The molecule has 3 N–H and O–H groups in total. The Kier molecular flexibility index (Phi) is 10.4. The summed E-state index contributed by atoms with van der Waals surface area (Å²) in [5.74, 6) is -1.17. The van der Waals surface area contributed by atoms with E-state index in [0.29, 0.717) is 12.1 Å². The van der Waals surface area contributed by atoms with Gasteiger partial charge >= 0.3 is 6.18 Å². The number of alkyl halides is 3. The van der Waals surface area contributed by atoms with Crippen molar-refractivity contribution in [1.29, 1.82) is 0 Å².